The fourth-order valence-corrected chi connectivity index (χ4v) is 4.51. The molecule has 3 aromatic heterocycles. The van der Waals surface area contributed by atoms with Gasteiger partial charge in [-0.25, -0.2) is 19.3 Å². The van der Waals surface area contributed by atoms with Crippen molar-refractivity contribution >= 4 is 23.2 Å². The molecule has 1 amide bonds. The van der Waals surface area contributed by atoms with Crippen LogP contribution in [0.4, 0.5) is 10.3 Å². The fraction of sp³-hybridized carbons (Fsp3) is 0.350. The molecule has 0 radical (unpaired) electrons. The maximum absolute atomic E-state index is 14.1. The number of primary amides is 1. The second kappa shape index (κ2) is 7.37. The van der Waals surface area contributed by atoms with E-state index < -0.39 is 28.7 Å². The molecule has 8 nitrogen and oxygen atoms in total. The van der Waals surface area contributed by atoms with Crippen LogP contribution in [0.3, 0.4) is 0 Å². The van der Waals surface area contributed by atoms with Crippen LogP contribution in [0.15, 0.2) is 36.9 Å². The van der Waals surface area contributed by atoms with Crippen LogP contribution in [-0.4, -0.2) is 31.4 Å². The standard InChI is InChI=1S/C20H22FN7OS/c1-19(2,15-12(21)4-3-7-24-15)28-18-26-8-11(9-27-18)17-25-10-13(30-17)14(16(22)29)20(23)5-6-20/h3-4,7-10,14H,5-6,23H2,1-2H3,(H2,22,29)(H,26,27,28). The maximum Gasteiger partial charge on any atom is 0.227 e. The van der Waals surface area contributed by atoms with Gasteiger partial charge in [0.25, 0.3) is 0 Å². The van der Waals surface area contributed by atoms with Gasteiger partial charge in [0.1, 0.15) is 16.5 Å². The number of aromatic nitrogens is 4. The molecule has 0 aromatic carbocycles. The number of carbonyl (C=O) groups excluding carboxylic acids is 1. The lowest BCUT2D eigenvalue weighted by atomic mass is 9.96. The van der Waals surface area contributed by atoms with Gasteiger partial charge in [0.2, 0.25) is 11.9 Å². The van der Waals surface area contributed by atoms with E-state index in [1.807, 2.05) is 0 Å². The van der Waals surface area contributed by atoms with Crippen molar-refractivity contribution in [3.63, 3.8) is 0 Å². The number of nitrogens with one attached hydrogen (secondary N) is 1. The molecule has 30 heavy (non-hydrogen) atoms. The summed E-state index contributed by atoms with van der Waals surface area (Å²) in [6.45, 7) is 3.60. The van der Waals surface area contributed by atoms with E-state index in [9.17, 15) is 9.18 Å². The van der Waals surface area contributed by atoms with Gasteiger partial charge in [-0.3, -0.25) is 9.78 Å². The molecule has 1 unspecified atom stereocenters. The smallest absolute Gasteiger partial charge is 0.227 e. The topological polar surface area (TPSA) is 133 Å². The number of nitrogens with two attached hydrogens (primary N) is 2. The highest BCUT2D eigenvalue weighted by Gasteiger charge is 2.50. The lowest BCUT2D eigenvalue weighted by molar-refractivity contribution is -0.120. The van der Waals surface area contributed by atoms with Crippen LogP contribution in [0.25, 0.3) is 10.6 Å². The van der Waals surface area contributed by atoms with Gasteiger partial charge in [-0.05, 0) is 38.8 Å². The van der Waals surface area contributed by atoms with Crippen LogP contribution in [-0.2, 0) is 10.3 Å². The Balaban J connectivity index is 1.53. The summed E-state index contributed by atoms with van der Waals surface area (Å²) < 4.78 is 14.1. The molecular formula is C20H22FN7OS. The Hall–Kier alpha value is -2.98. The van der Waals surface area contributed by atoms with Crippen molar-refractivity contribution in [1.82, 2.24) is 19.9 Å². The molecule has 156 valence electrons. The van der Waals surface area contributed by atoms with E-state index in [1.165, 1.54) is 23.6 Å². The maximum atomic E-state index is 14.1. The van der Waals surface area contributed by atoms with Crippen LogP contribution in [0, 0.1) is 5.82 Å². The molecule has 3 heterocycles. The monoisotopic (exact) mass is 427 g/mol. The predicted octanol–water partition coefficient (Wildman–Crippen LogP) is 2.54. The molecule has 10 heteroatoms. The van der Waals surface area contributed by atoms with E-state index in [4.69, 9.17) is 11.5 Å². The number of halogens is 1. The molecule has 1 fully saturated rings. The molecule has 4 rings (SSSR count). The summed E-state index contributed by atoms with van der Waals surface area (Å²) in [5.74, 6) is -1.05. The van der Waals surface area contributed by atoms with E-state index in [0.29, 0.717) is 16.5 Å². The van der Waals surface area contributed by atoms with E-state index in [2.05, 4.69) is 25.3 Å². The van der Waals surface area contributed by atoms with Gasteiger partial charge in [0.05, 0.1) is 11.5 Å². The third-order valence-electron chi connectivity index (χ3n) is 5.17. The summed E-state index contributed by atoms with van der Waals surface area (Å²) in [5, 5.41) is 3.77. The van der Waals surface area contributed by atoms with Crippen molar-refractivity contribution in [2.45, 2.75) is 43.7 Å². The van der Waals surface area contributed by atoms with E-state index >= 15 is 0 Å². The van der Waals surface area contributed by atoms with Crippen LogP contribution < -0.4 is 16.8 Å². The third kappa shape index (κ3) is 3.88. The summed E-state index contributed by atoms with van der Waals surface area (Å²) in [7, 11) is 0. The molecule has 0 saturated heterocycles. The molecule has 1 saturated carbocycles. The van der Waals surface area contributed by atoms with Gasteiger partial charge in [-0.2, -0.15) is 0 Å². The number of rotatable bonds is 7. The summed E-state index contributed by atoms with van der Waals surface area (Å²) in [5.41, 5.74) is 11.4. The normalized spacial score (nSPS) is 16.1. The molecule has 5 N–H and O–H groups in total. The molecule has 3 aromatic rings. The number of pyridine rings is 1. The van der Waals surface area contributed by atoms with Crippen molar-refractivity contribution < 1.29 is 9.18 Å². The van der Waals surface area contributed by atoms with Gasteiger partial charge in [-0.15, -0.1) is 11.3 Å². The number of thiazole rings is 1. The van der Waals surface area contributed by atoms with E-state index in [-0.39, 0.29) is 5.69 Å². The van der Waals surface area contributed by atoms with E-state index in [1.54, 1.807) is 38.5 Å². The van der Waals surface area contributed by atoms with Crippen molar-refractivity contribution in [3.05, 3.63) is 53.3 Å². The number of carbonyl (C=O) groups is 1. The Kier molecular flexibility index (Phi) is 4.99. The lowest BCUT2D eigenvalue weighted by Gasteiger charge is -2.25. The van der Waals surface area contributed by atoms with Gasteiger partial charge in [0.15, 0.2) is 0 Å². The average Bonchev–Trinajstić information content (AvgIpc) is 3.23. The first kappa shape index (κ1) is 20.3. The van der Waals surface area contributed by atoms with Crippen molar-refractivity contribution in [3.8, 4) is 10.6 Å². The predicted molar refractivity (Wildman–Crippen MR) is 112 cm³/mol. The highest BCUT2D eigenvalue weighted by atomic mass is 32.1. The zero-order valence-corrected chi connectivity index (χ0v) is 17.4. The van der Waals surface area contributed by atoms with Crippen LogP contribution in [0.5, 0.6) is 0 Å². The Morgan fingerprint density at radius 3 is 2.53 bits per heavy atom. The Morgan fingerprint density at radius 1 is 1.23 bits per heavy atom. The van der Waals surface area contributed by atoms with Crippen molar-refractivity contribution in [2.24, 2.45) is 11.5 Å². The van der Waals surface area contributed by atoms with Crippen molar-refractivity contribution in [2.75, 3.05) is 5.32 Å². The molecule has 0 aliphatic heterocycles. The fourth-order valence-electron chi connectivity index (χ4n) is 3.38. The third-order valence-corrected chi connectivity index (χ3v) is 6.28. The van der Waals surface area contributed by atoms with Gasteiger partial charge >= 0.3 is 0 Å². The summed E-state index contributed by atoms with van der Waals surface area (Å²) in [6.07, 6.45) is 7.96. The highest BCUT2D eigenvalue weighted by molar-refractivity contribution is 7.15. The van der Waals surface area contributed by atoms with Gasteiger partial charge in [-0.1, -0.05) is 0 Å². The quantitative estimate of drug-likeness (QED) is 0.528. The number of nitrogens with zero attached hydrogens (tertiary/aromatic N) is 4. The van der Waals surface area contributed by atoms with E-state index in [0.717, 1.165) is 17.7 Å². The minimum absolute atomic E-state index is 0.274. The molecule has 1 aliphatic rings. The average molecular weight is 428 g/mol. The number of hydrogen-bond donors (Lipinski definition) is 3. The van der Waals surface area contributed by atoms with Crippen LogP contribution >= 0.6 is 11.3 Å². The zero-order chi connectivity index (χ0) is 21.5. The first-order valence-corrected chi connectivity index (χ1v) is 10.3. The first-order valence-electron chi connectivity index (χ1n) is 9.45. The minimum atomic E-state index is -0.810. The second-order valence-corrected chi connectivity index (χ2v) is 9.08. The van der Waals surface area contributed by atoms with Crippen molar-refractivity contribution in [1.29, 1.82) is 0 Å². The van der Waals surface area contributed by atoms with Gasteiger partial charge < -0.3 is 16.8 Å². The Labute approximate surface area is 177 Å². The first-order chi connectivity index (χ1) is 14.2. The molecule has 1 atom stereocenters. The molecule has 1 aliphatic carbocycles. The summed E-state index contributed by atoms with van der Waals surface area (Å²) in [6, 6.07) is 2.91. The Bertz CT molecular complexity index is 1080. The molecular weight excluding hydrogens is 405 g/mol. The SMILES string of the molecule is CC(C)(Nc1ncc(-c2ncc(C(C(N)=O)C3(N)CC3)s2)cn1)c1ncccc1F. The zero-order valence-electron chi connectivity index (χ0n) is 16.6. The summed E-state index contributed by atoms with van der Waals surface area (Å²) >= 11 is 1.36. The number of amides is 1. The lowest BCUT2D eigenvalue weighted by Crippen LogP contribution is -2.38. The molecule has 0 bridgehead atoms. The Morgan fingerprint density at radius 2 is 1.93 bits per heavy atom. The second-order valence-electron chi connectivity index (χ2n) is 8.02. The largest absolute Gasteiger partial charge is 0.369 e. The number of anilines is 1. The summed E-state index contributed by atoms with van der Waals surface area (Å²) in [4.78, 5) is 29.8. The molecule has 0 spiro atoms. The highest BCUT2D eigenvalue weighted by Crippen LogP contribution is 2.46. The van der Waals surface area contributed by atoms with Crippen LogP contribution in [0.2, 0.25) is 0 Å². The number of hydrogen-bond acceptors (Lipinski definition) is 8. The van der Waals surface area contributed by atoms with Gasteiger partial charge in [0, 0.05) is 40.8 Å². The van der Waals surface area contributed by atoms with Crippen LogP contribution in [0.1, 0.15) is 43.2 Å². The minimum Gasteiger partial charge on any atom is -0.369 e.